The third kappa shape index (κ3) is 8.28. The summed E-state index contributed by atoms with van der Waals surface area (Å²) in [4.78, 5) is 27.5. The molecule has 0 bridgehead atoms. The Balaban J connectivity index is 1.43. The summed E-state index contributed by atoms with van der Waals surface area (Å²) < 4.78 is 5.24. The molecule has 4 aromatic rings. The number of benzene rings is 3. The van der Waals surface area contributed by atoms with Crippen LogP contribution < -0.4 is 20.7 Å². The van der Waals surface area contributed by atoms with Crippen molar-refractivity contribution in [1.82, 2.24) is 16.0 Å². The Kier molecular flexibility index (Phi) is 10.9. The van der Waals surface area contributed by atoms with E-state index in [1.165, 1.54) is 0 Å². The largest absolute Gasteiger partial charge is 0.497 e. The molecule has 1 heterocycles. The molecule has 4 rings (SSSR count). The van der Waals surface area contributed by atoms with Crippen molar-refractivity contribution in [2.75, 3.05) is 13.7 Å². The summed E-state index contributed by atoms with van der Waals surface area (Å²) in [6.45, 7) is 6.27. The van der Waals surface area contributed by atoms with E-state index < -0.39 is 12.1 Å². The first-order valence-corrected chi connectivity index (χ1v) is 15.0. The van der Waals surface area contributed by atoms with Gasteiger partial charge in [-0.2, -0.15) is 0 Å². The zero-order chi connectivity index (χ0) is 30.1. The van der Waals surface area contributed by atoms with Crippen LogP contribution in [0.25, 0.3) is 0 Å². The molecule has 220 valence electrons. The quantitative estimate of drug-likeness (QED) is 0.164. The Labute approximate surface area is 252 Å². The predicted molar refractivity (Wildman–Crippen MR) is 168 cm³/mol. The molecular formula is C34H39N3O4S. The van der Waals surface area contributed by atoms with E-state index in [-0.39, 0.29) is 30.4 Å². The van der Waals surface area contributed by atoms with E-state index >= 15 is 0 Å². The number of methoxy groups -OCH3 is 1. The lowest BCUT2D eigenvalue weighted by atomic mass is 9.99. The number of aliphatic hydroxyl groups is 1. The highest BCUT2D eigenvalue weighted by molar-refractivity contribution is 7.10. The number of aliphatic hydroxyl groups excluding tert-OH is 1. The Bertz CT molecular complexity index is 1460. The molecule has 4 N–H and O–H groups in total. The standard InChI is InChI=1S/C34H39N3O4S/c1-22-17-18-42-32(22)24(3)36-33(39)27-11-8-12-28(20-27)34(40)37-30(19-25-9-6-5-7-10-25)31(38)21-35-23(2)26-13-15-29(41-4)16-14-26/h5-18,20,23-24,30-31,35,38H,19,21H2,1-4H3,(H,36,39)(H,37,40)/t23-,24?,30+,31-/m1/s1. The maximum Gasteiger partial charge on any atom is 0.251 e. The molecule has 1 aromatic heterocycles. The maximum atomic E-state index is 13.4. The maximum absolute atomic E-state index is 13.4. The third-order valence-corrected chi connectivity index (χ3v) is 8.56. The number of nitrogens with one attached hydrogen (secondary N) is 3. The third-order valence-electron chi connectivity index (χ3n) is 7.36. The molecule has 0 spiro atoms. The van der Waals surface area contributed by atoms with Gasteiger partial charge in [0.25, 0.3) is 11.8 Å². The minimum atomic E-state index is -0.865. The van der Waals surface area contributed by atoms with E-state index in [1.807, 2.05) is 86.8 Å². The van der Waals surface area contributed by atoms with Crippen LogP contribution in [0.2, 0.25) is 0 Å². The van der Waals surface area contributed by atoms with E-state index in [0.717, 1.165) is 27.3 Å². The smallest absolute Gasteiger partial charge is 0.251 e. The van der Waals surface area contributed by atoms with E-state index in [2.05, 4.69) is 16.0 Å². The first kappa shape index (κ1) is 31.0. The van der Waals surface area contributed by atoms with Crippen molar-refractivity contribution in [3.63, 3.8) is 0 Å². The summed E-state index contributed by atoms with van der Waals surface area (Å²) in [5.74, 6) is 0.183. The lowest BCUT2D eigenvalue weighted by Gasteiger charge is -2.26. The van der Waals surface area contributed by atoms with Crippen LogP contribution in [0.15, 0.2) is 90.3 Å². The molecule has 0 aliphatic heterocycles. The number of hydrogen-bond acceptors (Lipinski definition) is 6. The molecular weight excluding hydrogens is 546 g/mol. The van der Waals surface area contributed by atoms with Crippen LogP contribution in [0.5, 0.6) is 5.75 Å². The van der Waals surface area contributed by atoms with Crippen molar-refractivity contribution in [1.29, 1.82) is 0 Å². The molecule has 0 fully saturated rings. The fraction of sp³-hybridized carbons (Fsp3) is 0.294. The van der Waals surface area contributed by atoms with Crippen LogP contribution >= 0.6 is 11.3 Å². The molecule has 8 heteroatoms. The van der Waals surface area contributed by atoms with Crippen LogP contribution in [-0.4, -0.2) is 42.7 Å². The highest BCUT2D eigenvalue weighted by atomic mass is 32.1. The van der Waals surface area contributed by atoms with Crippen molar-refractivity contribution in [2.45, 2.75) is 51.4 Å². The molecule has 2 amide bonds. The van der Waals surface area contributed by atoms with Gasteiger partial charge in [0.1, 0.15) is 5.75 Å². The Morgan fingerprint density at radius 2 is 1.52 bits per heavy atom. The van der Waals surface area contributed by atoms with Gasteiger partial charge in [-0.25, -0.2) is 0 Å². The summed E-state index contributed by atoms with van der Waals surface area (Å²) >= 11 is 1.61. The van der Waals surface area contributed by atoms with Crippen LogP contribution in [-0.2, 0) is 6.42 Å². The molecule has 0 aliphatic carbocycles. The van der Waals surface area contributed by atoms with Crippen LogP contribution in [0.3, 0.4) is 0 Å². The SMILES string of the molecule is COc1ccc([C@@H](C)NC[C@@H](O)[C@H](Cc2ccccc2)NC(=O)c2cccc(C(=O)NC(C)c3sccc3C)c2)cc1. The van der Waals surface area contributed by atoms with Crippen molar-refractivity contribution in [2.24, 2.45) is 0 Å². The summed E-state index contributed by atoms with van der Waals surface area (Å²) in [5, 5.41) is 22.7. The van der Waals surface area contributed by atoms with Gasteiger partial charge in [-0.05, 0) is 85.7 Å². The van der Waals surface area contributed by atoms with Crippen molar-refractivity contribution >= 4 is 23.2 Å². The molecule has 7 nitrogen and oxygen atoms in total. The Morgan fingerprint density at radius 3 is 2.14 bits per heavy atom. The molecule has 1 unspecified atom stereocenters. The van der Waals surface area contributed by atoms with Crippen molar-refractivity contribution in [3.8, 4) is 5.75 Å². The molecule has 4 atom stereocenters. The normalized spacial score (nSPS) is 13.9. The second kappa shape index (κ2) is 14.8. The topological polar surface area (TPSA) is 99.7 Å². The van der Waals surface area contributed by atoms with Crippen LogP contribution in [0.4, 0.5) is 0 Å². The van der Waals surface area contributed by atoms with Gasteiger partial charge in [0.15, 0.2) is 0 Å². The zero-order valence-corrected chi connectivity index (χ0v) is 25.3. The summed E-state index contributed by atoms with van der Waals surface area (Å²) in [6.07, 6.45) is -0.416. The minimum absolute atomic E-state index is 0.0193. The summed E-state index contributed by atoms with van der Waals surface area (Å²) in [6, 6.07) is 25.5. The van der Waals surface area contributed by atoms with E-state index in [9.17, 15) is 14.7 Å². The van der Waals surface area contributed by atoms with Gasteiger partial charge in [-0.3, -0.25) is 9.59 Å². The molecule has 0 aliphatic rings. The number of ether oxygens (including phenoxy) is 1. The average molecular weight is 586 g/mol. The van der Waals surface area contributed by atoms with Gasteiger partial charge in [-0.15, -0.1) is 11.3 Å². The van der Waals surface area contributed by atoms with E-state index in [0.29, 0.717) is 17.5 Å². The number of carbonyl (C=O) groups excluding carboxylic acids is 2. The molecule has 0 saturated carbocycles. The van der Waals surface area contributed by atoms with Crippen molar-refractivity contribution in [3.05, 3.63) is 123 Å². The monoisotopic (exact) mass is 585 g/mol. The van der Waals surface area contributed by atoms with E-state index in [1.54, 1.807) is 42.7 Å². The minimum Gasteiger partial charge on any atom is -0.497 e. The number of thiophene rings is 1. The second-order valence-corrected chi connectivity index (χ2v) is 11.4. The highest BCUT2D eigenvalue weighted by Crippen LogP contribution is 2.24. The van der Waals surface area contributed by atoms with Gasteiger partial charge >= 0.3 is 0 Å². The Hall–Kier alpha value is -3.98. The molecule has 3 aromatic carbocycles. The Morgan fingerprint density at radius 1 is 0.857 bits per heavy atom. The molecule has 0 saturated heterocycles. The predicted octanol–water partition coefficient (Wildman–Crippen LogP) is 5.61. The van der Waals surface area contributed by atoms with Gasteiger partial charge in [0.05, 0.1) is 25.3 Å². The van der Waals surface area contributed by atoms with E-state index in [4.69, 9.17) is 4.74 Å². The fourth-order valence-corrected chi connectivity index (χ4v) is 5.76. The van der Waals surface area contributed by atoms with Gasteiger partial charge in [-0.1, -0.05) is 48.5 Å². The number of carbonyl (C=O) groups is 2. The van der Waals surface area contributed by atoms with Gasteiger partial charge in [0.2, 0.25) is 0 Å². The first-order valence-electron chi connectivity index (χ1n) is 14.1. The number of amides is 2. The van der Waals surface area contributed by atoms with Gasteiger partial charge < -0.3 is 25.8 Å². The lowest BCUT2D eigenvalue weighted by molar-refractivity contribution is 0.0825. The van der Waals surface area contributed by atoms with Crippen LogP contribution in [0.1, 0.15) is 68.2 Å². The number of rotatable bonds is 13. The lowest BCUT2D eigenvalue weighted by Crippen LogP contribution is -2.49. The first-order chi connectivity index (χ1) is 20.2. The fourth-order valence-electron chi connectivity index (χ4n) is 4.83. The van der Waals surface area contributed by atoms with Gasteiger partial charge in [0, 0.05) is 28.6 Å². The zero-order valence-electron chi connectivity index (χ0n) is 24.5. The highest BCUT2D eigenvalue weighted by Gasteiger charge is 2.24. The summed E-state index contributed by atoms with van der Waals surface area (Å²) in [5.41, 5.74) is 3.95. The van der Waals surface area contributed by atoms with Crippen molar-refractivity contribution < 1.29 is 19.4 Å². The second-order valence-electron chi connectivity index (χ2n) is 10.5. The average Bonchev–Trinajstić information content (AvgIpc) is 3.45. The number of hydrogen-bond donors (Lipinski definition) is 4. The van der Waals surface area contributed by atoms with Crippen LogP contribution in [0, 0.1) is 6.92 Å². The number of aryl methyl sites for hydroxylation is 1. The molecule has 42 heavy (non-hydrogen) atoms. The summed E-state index contributed by atoms with van der Waals surface area (Å²) in [7, 11) is 1.63. The molecule has 0 radical (unpaired) electrons.